The van der Waals surface area contributed by atoms with Gasteiger partial charge in [-0.05, 0) is 49.2 Å². The third-order valence-corrected chi connectivity index (χ3v) is 5.99. The molecule has 2 saturated heterocycles. The van der Waals surface area contributed by atoms with Gasteiger partial charge in [0.2, 0.25) is 0 Å². The van der Waals surface area contributed by atoms with E-state index in [1.807, 2.05) is 29.4 Å². The van der Waals surface area contributed by atoms with Crippen LogP contribution in [0.25, 0.3) is 0 Å². The summed E-state index contributed by atoms with van der Waals surface area (Å²) in [7, 11) is 0. The van der Waals surface area contributed by atoms with Gasteiger partial charge in [0.25, 0.3) is 0 Å². The number of piperazine rings is 1. The van der Waals surface area contributed by atoms with Crippen molar-refractivity contribution in [1.29, 1.82) is 0 Å². The fourth-order valence-corrected chi connectivity index (χ4v) is 4.25. The van der Waals surface area contributed by atoms with Crippen molar-refractivity contribution >= 4 is 11.7 Å². The fraction of sp³-hybridized carbons (Fsp3) is 0.478. The Balaban J connectivity index is 1.28. The van der Waals surface area contributed by atoms with Crippen molar-refractivity contribution in [2.24, 2.45) is 0 Å². The van der Waals surface area contributed by atoms with E-state index in [0.717, 1.165) is 32.7 Å². The van der Waals surface area contributed by atoms with Gasteiger partial charge in [-0.25, -0.2) is 4.79 Å². The zero-order valence-electron chi connectivity index (χ0n) is 17.1. The number of urea groups is 1. The number of likely N-dealkylation sites (tertiary alicyclic amines) is 1. The lowest BCUT2D eigenvalue weighted by molar-refractivity contribution is 0.193. The van der Waals surface area contributed by atoms with Crippen LogP contribution in [-0.4, -0.2) is 60.1 Å². The number of hydrogen-bond donors (Lipinski definition) is 1. The Kier molecular flexibility index (Phi) is 6.62. The van der Waals surface area contributed by atoms with Crippen LogP contribution in [0.1, 0.15) is 30.4 Å². The molecule has 2 aromatic rings. The van der Waals surface area contributed by atoms with Gasteiger partial charge in [0.05, 0.1) is 0 Å². The average Bonchev–Trinajstić information content (AvgIpc) is 2.80. The number of pyridine rings is 1. The van der Waals surface area contributed by atoms with Crippen LogP contribution >= 0.6 is 0 Å². The second kappa shape index (κ2) is 9.74. The molecule has 2 aliphatic rings. The minimum Gasteiger partial charge on any atom is -0.368 e. The molecule has 4 rings (SSSR count). The van der Waals surface area contributed by atoms with Crippen LogP contribution in [0.5, 0.6) is 0 Å². The molecule has 1 N–H and O–H groups in total. The molecule has 0 saturated carbocycles. The Labute approximate surface area is 173 Å². The van der Waals surface area contributed by atoms with Gasteiger partial charge < -0.3 is 15.1 Å². The number of piperidine rings is 1. The number of benzene rings is 1. The van der Waals surface area contributed by atoms with Gasteiger partial charge in [-0.3, -0.25) is 9.88 Å². The van der Waals surface area contributed by atoms with Crippen molar-refractivity contribution in [1.82, 2.24) is 20.1 Å². The fourth-order valence-electron chi connectivity index (χ4n) is 4.25. The first kappa shape index (κ1) is 19.7. The zero-order valence-corrected chi connectivity index (χ0v) is 17.1. The number of nitrogens with zero attached hydrogens (tertiary/aromatic N) is 4. The van der Waals surface area contributed by atoms with Crippen molar-refractivity contribution in [3.05, 3.63) is 59.9 Å². The molecule has 0 unspecified atom stereocenters. The number of aromatic nitrogens is 1. The maximum Gasteiger partial charge on any atom is 0.317 e. The van der Waals surface area contributed by atoms with Crippen molar-refractivity contribution in [2.45, 2.75) is 32.4 Å². The van der Waals surface area contributed by atoms with E-state index in [1.54, 1.807) is 0 Å². The minimum absolute atomic E-state index is 0.0344. The lowest BCUT2D eigenvalue weighted by atomic mass is 10.0. The molecule has 2 amide bonds. The largest absolute Gasteiger partial charge is 0.368 e. The molecule has 2 fully saturated rings. The number of amides is 2. The molecule has 6 heteroatoms. The molecule has 0 spiro atoms. The second-order valence-corrected chi connectivity index (χ2v) is 7.94. The van der Waals surface area contributed by atoms with Crippen LogP contribution in [0.2, 0.25) is 0 Å². The van der Waals surface area contributed by atoms with E-state index >= 15 is 0 Å². The maximum atomic E-state index is 12.7. The van der Waals surface area contributed by atoms with Gasteiger partial charge in [0, 0.05) is 57.3 Å². The topological polar surface area (TPSA) is 51.7 Å². The van der Waals surface area contributed by atoms with Crippen LogP contribution in [0.4, 0.5) is 10.5 Å². The number of rotatable bonds is 5. The predicted molar refractivity (Wildman–Crippen MR) is 116 cm³/mol. The normalized spacial score (nSPS) is 17.9. The maximum absolute atomic E-state index is 12.7. The number of carbonyl (C=O) groups excluding carboxylic acids is 1. The van der Waals surface area contributed by atoms with E-state index < -0.39 is 0 Å². The van der Waals surface area contributed by atoms with Gasteiger partial charge in [-0.1, -0.05) is 30.7 Å². The average molecular weight is 394 g/mol. The summed E-state index contributed by atoms with van der Waals surface area (Å²) in [6, 6.07) is 12.6. The van der Waals surface area contributed by atoms with Crippen LogP contribution in [0.15, 0.2) is 48.8 Å². The summed E-state index contributed by atoms with van der Waals surface area (Å²) in [4.78, 5) is 23.5. The highest BCUT2D eigenvalue weighted by atomic mass is 16.2. The third-order valence-electron chi connectivity index (χ3n) is 5.99. The van der Waals surface area contributed by atoms with Crippen molar-refractivity contribution < 1.29 is 4.79 Å². The van der Waals surface area contributed by atoms with E-state index in [0.29, 0.717) is 6.54 Å². The number of anilines is 1. The van der Waals surface area contributed by atoms with E-state index in [-0.39, 0.29) is 6.03 Å². The van der Waals surface area contributed by atoms with E-state index in [2.05, 4.69) is 44.4 Å². The van der Waals surface area contributed by atoms with Crippen LogP contribution in [-0.2, 0) is 13.1 Å². The smallest absolute Gasteiger partial charge is 0.317 e. The highest BCUT2D eigenvalue weighted by Gasteiger charge is 2.21. The SMILES string of the molecule is O=C(NCc1ccccc1CN1CCCCC1)N1CCN(c2ccncc2)CC1. The van der Waals surface area contributed by atoms with Gasteiger partial charge in [0.15, 0.2) is 0 Å². The molecule has 2 aliphatic heterocycles. The van der Waals surface area contributed by atoms with E-state index in [9.17, 15) is 4.79 Å². The molecule has 0 atom stereocenters. The van der Waals surface area contributed by atoms with E-state index in [4.69, 9.17) is 0 Å². The first-order valence-electron chi connectivity index (χ1n) is 10.8. The van der Waals surface area contributed by atoms with Crippen molar-refractivity contribution in [2.75, 3.05) is 44.2 Å². The monoisotopic (exact) mass is 393 g/mol. The van der Waals surface area contributed by atoms with Gasteiger partial charge >= 0.3 is 6.03 Å². The molecule has 0 radical (unpaired) electrons. The molecule has 3 heterocycles. The lowest BCUT2D eigenvalue weighted by Crippen LogP contribution is -2.51. The number of hydrogen-bond acceptors (Lipinski definition) is 4. The van der Waals surface area contributed by atoms with Crippen LogP contribution in [0.3, 0.4) is 0 Å². The summed E-state index contributed by atoms with van der Waals surface area (Å²) >= 11 is 0. The summed E-state index contributed by atoms with van der Waals surface area (Å²) in [5.41, 5.74) is 3.73. The number of carbonyl (C=O) groups is 1. The molecule has 1 aromatic carbocycles. The summed E-state index contributed by atoms with van der Waals surface area (Å²) in [6.45, 7) is 7.12. The lowest BCUT2D eigenvalue weighted by Gasteiger charge is -2.36. The third kappa shape index (κ3) is 5.26. The molecule has 6 nitrogen and oxygen atoms in total. The standard InChI is InChI=1S/C23H31N5O/c29-23(28-16-14-27(15-17-28)22-8-10-24-11-9-22)25-18-20-6-2-3-7-21(20)19-26-12-4-1-5-13-26/h2-3,6-11H,1,4-5,12-19H2,(H,25,29). The summed E-state index contributed by atoms with van der Waals surface area (Å²) in [5.74, 6) is 0. The predicted octanol–water partition coefficient (Wildman–Crippen LogP) is 3.10. The van der Waals surface area contributed by atoms with Crippen LogP contribution in [0, 0.1) is 0 Å². The quantitative estimate of drug-likeness (QED) is 0.848. The second-order valence-electron chi connectivity index (χ2n) is 7.94. The number of nitrogens with one attached hydrogen (secondary N) is 1. The molecular weight excluding hydrogens is 362 g/mol. The Hall–Kier alpha value is -2.60. The van der Waals surface area contributed by atoms with Gasteiger partial charge in [0.1, 0.15) is 0 Å². The molecular formula is C23H31N5O. The van der Waals surface area contributed by atoms with Crippen LogP contribution < -0.4 is 10.2 Å². The molecule has 1 aromatic heterocycles. The Bertz CT molecular complexity index is 783. The van der Waals surface area contributed by atoms with Gasteiger partial charge in [-0.15, -0.1) is 0 Å². The molecule has 29 heavy (non-hydrogen) atoms. The van der Waals surface area contributed by atoms with Crippen molar-refractivity contribution in [3.63, 3.8) is 0 Å². The first-order valence-corrected chi connectivity index (χ1v) is 10.8. The Morgan fingerprint density at radius 2 is 1.55 bits per heavy atom. The molecule has 0 aliphatic carbocycles. The first-order chi connectivity index (χ1) is 14.3. The van der Waals surface area contributed by atoms with Gasteiger partial charge in [-0.2, -0.15) is 0 Å². The highest BCUT2D eigenvalue weighted by Crippen LogP contribution is 2.17. The van der Waals surface area contributed by atoms with Crippen molar-refractivity contribution in [3.8, 4) is 0 Å². The Morgan fingerprint density at radius 1 is 0.862 bits per heavy atom. The van der Waals surface area contributed by atoms with E-state index in [1.165, 1.54) is 49.2 Å². The molecule has 0 bridgehead atoms. The summed E-state index contributed by atoms with van der Waals surface area (Å²) < 4.78 is 0. The highest BCUT2D eigenvalue weighted by molar-refractivity contribution is 5.74. The zero-order chi connectivity index (χ0) is 19.9. The Morgan fingerprint density at radius 3 is 2.28 bits per heavy atom. The summed E-state index contributed by atoms with van der Waals surface area (Å²) in [6.07, 6.45) is 7.57. The minimum atomic E-state index is 0.0344. The summed E-state index contributed by atoms with van der Waals surface area (Å²) in [5, 5.41) is 3.14. The molecule has 154 valence electrons.